The Bertz CT molecular complexity index is 723. The van der Waals surface area contributed by atoms with E-state index in [0.717, 1.165) is 39.1 Å². The van der Waals surface area contributed by atoms with Gasteiger partial charge in [0.05, 0.1) is 16.4 Å². The Morgan fingerprint density at radius 2 is 2.08 bits per heavy atom. The molecular formula is C17H23ClIN3OSi. The summed E-state index contributed by atoms with van der Waals surface area (Å²) in [7, 11) is -1.09. The molecule has 0 saturated heterocycles. The standard InChI is InChI=1S/C17H23ClIN3OSi/c1-12(15-7-6-14(18)10-20-15)17-21-16(19)13(2)22(17)11-23-8-9-24(3,4)5/h6-7,10H,1,8-9,11H2,2-5H3. The number of aromatic nitrogens is 3. The summed E-state index contributed by atoms with van der Waals surface area (Å²) in [4.78, 5) is 8.98. The van der Waals surface area contributed by atoms with E-state index in [-0.39, 0.29) is 0 Å². The first-order valence-electron chi connectivity index (χ1n) is 7.80. The summed E-state index contributed by atoms with van der Waals surface area (Å²) in [6, 6.07) is 4.81. The number of imidazole rings is 1. The molecule has 0 aromatic carbocycles. The second-order valence-electron chi connectivity index (χ2n) is 6.93. The minimum Gasteiger partial charge on any atom is -0.361 e. The molecule has 2 aromatic rings. The minimum atomic E-state index is -1.09. The largest absolute Gasteiger partial charge is 0.361 e. The average Bonchev–Trinajstić information content (AvgIpc) is 2.78. The van der Waals surface area contributed by atoms with E-state index >= 15 is 0 Å². The predicted molar refractivity (Wildman–Crippen MR) is 111 cm³/mol. The maximum Gasteiger partial charge on any atom is 0.144 e. The summed E-state index contributed by atoms with van der Waals surface area (Å²) in [6.45, 7) is 14.5. The summed E-state index contributed by atoms with van der Waals surface area (Å²) < 4.78 is 8.92. The molecule has 0 N–H and O–H groups in total. The molecule has 4 nitrogen and oxygen atoms in total. The fraction of sp³-hybridized carbons (Fsp3) is 0.412. The van der Waals surface area contributed by atoms with Crippen LogP contribution < -0.4 is 0 Å². The highest BCUT2D eigenvalue weighted by Crippen LogP contribution is 2.24. The van der Waals surface area contributed by atoms with Gasteiger partial charge < -0.3 is 9.30 Å². The Hall–Kier alpha value is -0.703. The first kappa shape index (κ1) is 19.6. The van der Waals surface area contributed by atoms with Gasteiger partial charge in [0.15, 0.2) is 0 Å². The molecule has 0 amide bonds. The molecule has 130 valence electrons. The second kappa shape index (κ2) is 8.12. The molecule has 7 heteroatoms. The van der Waals surface area contributed by atoms with Crippen molar-refractivity contribution < 1.29 is 4.74 Å². The highest BCUT2D eigenvalue weighted by Gasteiger charge is 2.17. The van der Waals surface area contributed by atoms with Crippen LogP contribution in [-0.2, 0) is 11.5 Å². The normalized spacial score (nSPS) is 11.8. The van der Waals surface area contributed by atoms with Crippen LogP contribution in [0.4, 0.5) is 0 Å². The smallest absolute Gasteiger partial charge is 0.144 e. The molecule has 0 radical (unpaired) electrons. The molecule has 0 spiro atoms. The fourth-order valence-electron chi connectivity index (χ4n) is 2.10. The summed E-state index contributed by atoms with van der Waals surface area (Å²) in [6.07, 6.45) is 1.62. The number of hydrogen-bond donors (Lipinski definition) is 0. The van der Waals surface area contributed by atoms with Gasteiger partial charge in [-0.3, -0.25) is 4.98 Å². The summed E-state index contributed by atoms with van der Waals surface area (Å²) in [5.41, 5.74) is 2.62. The van der Waals surface area contributed by atoms with Crippen molar-refractivity contribution in [2.24, 2.45) is 0 Å². The first-order valence-corrected chi connectivity index (χ1v) is 13.0. The van der Waals surface area contributed by atoms with Crippen molar-refractivity contribution in [1.29, 1.82) is 0 Å². The lowest BCUT2D eigenvalue weighted by molar-refractivity contribution is 0.0853. The Balaban J connectivity index is 2.17. The Labute approximate surface area is 163 Å². The molecule has 2 rings (SSSR count). The lowest BCUT2D eigenvalue weighted by atomic mass is 10.2. The van der Waals surface area contributed by atoms with Crippen molar-refractivity contribution in [3.05, 3.63) is 50.8 Å². The topological polar surface area (TPSA) is 39.9 Å². The quantitative estimate of drug-likeness (QED) is 0.313. The van der Waals surface area contributed by atoms with E-state index < -0.39 is 8.07 Å². The Morgan fingerprint density at radius 1 is 1.38 bits per heavy atom. The highest BCUT2D eigenvalue weighted by atomic mass is 127. The molecule has 2 aromatic heterocycles. The molecule has 0 bridgehead atoms. The molecule has 0 aliphatic heterocycles. The first-order chi connectivity index (χ1) is 11.2. The molecule has 0 aliphatic carbocycles. The van der Waals surface area contributed by atoms with Gasteiger partial charge in [-0.05, 0) is 47.7 Å². The van der Waals surface area contributed by atoms with Gasteiger partial charge in [-0.1, -0.05) is 37.8 Å². The zero-order chi connectivity index (χ0) is 17.9. The van der Waals surface area contributed by atoms with E-state index in [1.54, 1.807) is 6.20 Å². The van der Waals surface area contributed by atoms with Crippen molar-refractivity contribution in [3.8, 4) is 0 Å². The van der Waals surface area contributed by atoms with E-state index in [1.807, 2.05) is 19.1 Å². The fourth-order valence-corrected chi connectivity index (χ4v) is 3.48. The maximum atomic E-state index is 5.91. The van der Waals surface area contributed by atoms with Crippen LogP contribution in [0.25, 0.3) is 5.57 Å². The Kier molecular flexibility index (Phi) is 6.64. The van der Waals surface area contributed by atoms with Crippen LogP contribution in [0.1, 0.15) is 17.2 Å². The molecule has 0 saturated carbocycles. The molecule has 2 heterocycles. The third kappa shape index (κ3) is 5.14. The summed E-state index contributed by atoms with van der Waals surface area (Å²) in [5.74, 6) is 0.791. The van der Waals surface area contributed by atoms with E-state index in [9.17, 15) is 0 Å². The lowest BCUT2D eigenvalue weighted by Crippen LogP contribution is -2.22. The van der Waals surface area contributed by atoms with Gasteiger partial charge in [-0.25, -0.2) is 4.98 Å². The van der Waals surface area contributed by atoms with E-state index in [4.69, 9.17) is 16.3 Å². The predicted octanol–water partition coefficient (Wildman–Crippen LogP) is 5.22. The SMILES string of the molecule is C=C(c1ccc(Cl)cn1)c1nc(I)c(C)n1COCC[Si](C)(C)C. The molecular weight excluding hydrogens is 453 g/mol. The van der Waals surface area contributed by atoms with Gasteiger partial charge in [0.2, 0.25) is 0 Å². The number of pyridine rings is 1. The van der Waals surface area contributed by atoms with Crippen LogP contribution in [0.3, 0.4) is 0 Å². The third-order valence-corrected chi connectivity index (χ3v) is 6.64. The van der Waals surface area contributed by atoms with Crippen LogP contribution in [0.15, 0.2) is 24.9 Å². The van der Waals surface area contributed by atoms with Gasteiger partial charge in [0.1, 0.15) is 16.3 Å². The number of hydrogen-bond acceptors (Lipinski definition) is 3. The third-order valence-electron chi connectivity index (χ3n) is 3.69. The molecule has 24 heavy (non-hydrogen) atoms. The van der Waals surface area contributed by atoms with Gasteiger partial charge in [-0.15, -0.1) is 0 Å². The van der Waals surface area contributed by atoms with Crippen LogP contribution >= 0.6 is 34.2 Å². The Morgan fingerprint density at radius 3 is 2.67 bits per heavy atom. The van der Waals surface area contributed by atoms with Crippen LogP contribution in [0.5, 0.6) is 0 Å². The summed E-state index contributed by atoms with van der Waals surface area (Å²) in [5, 5.41) is 0.607. The van der Waals surface area contributed by atoms with E-state index in [0.29, 0.717) is 11.8 Å². The number of nitrogens with zero attached hydrogens (tertiary/aromatic N) is 3. The molecule has 0 atom stereocenters. The van der Waals surface area contributed by atoms with Gasteiger partial charge >= 0.3 is 0 Å². The second-order valence-corrected chi connectivity index (χ2v) is 14.0. The van der Waals surface area contributed by atoms with E-state index in [1.165, 1.54) is 0 Å². The average molecular weight is 476 g/mol. The van der Waals surface area contributed by atoms with Crippen LogP contribution in [0.2, 0.25) is 30.7 Å². The highest BCUT2D eigenvalue weighted by molar-refractivity contribution is 14.1. The number of halogens is 2. The number of rotatable bonds is 7. The van der Waals surface area contributed by atoms with Gasteiger partial charge in [0, 0.05) is 26.5 Å². The zero-order valence-corrected chi connectivity index (χ0v) is 18.5. The number of ether oxygens (including phenoxy) is 1. The monoisotopic (exact) mass is 475 g/mol. The maximum absolute atomic E-state index is 5.91. The van der Waals surface area contributed by atoms with Crippen molar-refractivity contribution in [1.82, 2.24) is 14.5 Å². The lowest BCUT2D eigenvalue weighted by Gasteiger charge is -2.17. The van der Waals surface area contributed by atoms with Gasteiger partial charge in [-0.2, -0.15) is 0 Å². The van der Waals surface area contributed by atoms with E-state index in [2.05, 4.69) is 63.3 Å². The van der Waals surface area contributed by atoms with Crippen molar-refractivity contribution in [3.63, 3.8) is 0 Å². The van der Waals surface area contributed by atoms with Crippen LogP contribution in [-0.4, -0.2) is 29.2 Å². The van der Waals surface area contributed by atoms with Gasteiger partial charge in [0.25, 0.3) is 0 Å². The summed E-state index contributed by atoms with van der Waals surface area (Å²) >= 11 is 8.15. The zero-order valence-electron chi connectivity index (χ0n) is 14.6. The van der Waals surface area contributed by atoms with Crippen LogP contribution in [0, 0.1) is 10.6 Å². The molecule has 0 unspecified atom stereocenters. The molecule has 0 fully saturated rings. The molecule has 0 aliphatic rings. The van der Waals surface area contributed by atoms with Crippen molar-refractivity contribution in [2.75, 3.05) is 6.61 Å². The van der Waals surface area contributed by atoms with Crippen molar-refractivity contribution in [2.45, 2.75) is 39.3 Å². The minimum absolute atomic E-state index is 0.480. The van der Waals surface area contributed by atoms with Crippen molar-refractivity contribution >= 4 is 47.8 Å².